The molecule has 126 valence electrons. The smallest absolute Gasteiger partial charge is 0.340 e. The number of carbonyl (C=O) groups is 1. The number of cyclic esters (lactones) is 1. The van der Waals surface area contributed by atoms with Crippen LogP contribution in [0.25, 0.3) is 0 Å². The van der Waals surface area contributed by atoms with Crippen LogP contribution in [0.5, 0.6) is 0 Å². The Labute approximate surface area is 135 Å². The van der Waals surface area contributed by atoms with Crippen LogP contribution in [0.4, 0.5) is 0 Å². The van der Waals surface area contributed by atoms with E-state index in [1.807, 2.05) is 27.7 Å². The van der Waals surface area contributed by atoms with E-state index in [4.69, 9.17) is 9.47 Å². The van der Waals surface area contributed by atoms with Gasteiger partial charge in [0.1, 0.15) is 0 Å². The number of hydrogen-bond donors (Lipinski definition) is 0. The predicted molar refractivity (Wildman–Crippen MR) is 90.5 cm³/mol. The number of ether oxygens (including phenoxy) is 2. The van der Waals surface area contributed by atoms with Crippen molar-refractivity contribution in [2.75, 3.05) is 0 Å². The molecule has 1 rings (SSSR count). The number of esters is 1. The molecule has 0 bridgehead atoms. The zero-order valence-electron chi connectivity index (χ0n) is 15.3. The van der Waals surface area contributed by atoms with Crippen molar-refractivity contribution < 1.29 is 14.3 Å². The molecule has 0 aromatic rings. The van der Waals surface area contributed by atoms with Crippen molar-refractivity contribution in [1.82, 2.24) is 0 Å². The summed E-state index contributed by atoms with van der Waals surface area (Å²) in [4.78, 5) is 12.1. The van der Waals surface area contributed by atoms with Crippen LogP contribution in [0.15, 0.2) is 23.3 Å². The molecule has 0 aromatic carbocycles. The molecule has 1 heterocycles. The summed E-state index contributed by atoms with van der Waals surface area (Å²) in [7, 11) is 0. The maximum absolute atomic E-state index is 12.1. The average Bonchev–Trinajstić information content (AvgIpc) is 2.65. The van der Waals surface area contributed by atoms with E-state index in [1.54, 1.807) is 0 Å². The Morgan fingerprint density at radius 3 is 2.32 bits per heavy atom. The van der Waals surface area contributed by atoms with Gasteiger partial charge in [-0.15, -0.1) is 0 Å². The number of carbonyl (C=O) groups excluding carboxylic acids is 1. The van der Waals surface area contributed by atoms with Gasteiger partial charge in [0.15, 0.2) is 5.60 Å². The van der Waals surface area contributed by atoms with Gasteiger partial charge in [-0.1, -0.05) is 44.1 Å². The zero-order chi connectivity index (χ0) is 17.0. The van der Waals surface area contributed by atoms with Crippen LogP contribution in [0.2, 0.25) is 0 Å². The Morgan fingerprint density at radius 2 is 1.82 bits per heavy atom. The highest BCUT2D eigenvalue weighted by Gasteiger charge is 2.49. The molecule has 1 aliphatic heterocycles. The van der Waals surface area contributed by atoms with Crippen molar-refractivity contribution in [3.8, 4) is 0 Å². The average molecular weight is 308 g/mol. The third kappa shape index (κ3) is 5.60. The minimum absolute atomic E-state index is 0.191. The molecule has 22 heavy (non-hydrogen) atoms. The van der Waals surface area contributed by atoms with Gasteiger partial charge in [0.2, 0.25) is 6.29 Å². The first-order chi connectivity index (χ1) is 10.0. The van der Waals surface area contributed by atoms with Crippen LogP contribution in [0.3, 0.4) is 0 Å². The van der Waals surface area contributed by atoms with Crippen LogP contribution in [-0.2, 0) is 14.3 Å². The van der Waals surface area contributed by atoms with E-state index in [-0.39, 0.29) is 11.4 Å². The lowest BCUT2D eigenvalue weighted by Gasteiger charge is -2.26. The number of rotatable bonds is 6. The van der Waals surface area contributed by atoms with Crippen LogP contribution in [0, 0.1) is 5.41 Å². The van der Waals surface area contributed by atoms with Crippen molar-refractivity contribution in [2.45, 2.75) is 86.0 Å². The predicted octanol–water partition coefficient (Wildman–Crippen LogP) is 5.16. The summed E-state index contributed by atoms with van der Waals surface area (Å²) in [5.41, 5.74) is 1.72. The Morgan fingerprint density at radius 1 is 1.18 bits per heavy atom. The lowest BCUT2D eigenvalue weighted by molar-refractivity contribution is -0.155. The normalized spacial score (nSPS) is 26.0. The molecule has 0 unspecified atom stereocenters. The van der Waals surface area contributed by atoms with Crippen molar-refractivity contribution in [1.29, 1.82) is 0 Å². The van der Waals surface area contributed by atoms with E-state index in [0.717, 1.165) is 19.3 Å². The Hall–Kier alpha value is -1.09. The third-order valence-corrected chi connectivity index (χ3v) is 3.93. The highest BCUT2D eigenvalue weighted by atomic mass is 16.8. The second-order valence-corrected chi connectivity index (χ2v) is 7.86. The first kappa shape index (κ1) is 19.0. The molecular formula is C19H32O3. The van der Waals surface area contributed by atoms with Gasteiger partial charge in [0, 0.05) is 5.41 Å². The van der Waals surface area contributed by atoms with Crippen LogP contribution in [0.1, 0.15) is 74.1 Å². The molecule has 1 fully saturated rings. The van der Waals surface area contributed by atoms with Crippen molar-refractivity contribution in [3.05, 3.63) is 23.3 Å². The van der Waals surface area contributed by atoms with Gasteiger partial charge in [0.25, 0.3) is 0 Å². The summed E-state index contributed by atoms with van der Waals surface area (Å²) >= 11 is 0. The minimum Gasteiger partial charge on any atom is -0.433 e. The molecule has 0 saturated carbocycles. The first-order valence-corrected chi connectivity index (χ1v) is 8.22. The van der Waals surface area contributed by atoms with Gasteiger partial charge in [0.05, 0.1) is 0 Å². The molecule has 3 heteroatoms. The number of hydrogen-bond acceptors (Lipinski definition) is 3. The van der Waals surface area contributed by atoms with Gasteiger partial charge < -0.3 is 9.47 Å². The van der Waals surface area contributed by atoms with Gasteiger partial charge in [-0.3, -0.25) is 0 Å². The molecule has 1 aliphatic rings. The quantitative estimate of drug-likeness (QED) is 0.502. The van der Waals surface area contributed by atoms with Gasteiger partial charge in [-0.05, 0) is 53.4 Å². The molecule has 1 saturated heterocycles. The standard InChI is InChI=1S/C19H32O3/c1-14(2)10-8-11-15(3)12-9-13-19(7)16(20)21-17(22-19)18(4,5)6/h10,12,17H,8-9,11,13H2,1-7H3/b15-12+/t17-,19-/m0/s1. The summed E-state index contributed by atoms with van der Waals surface area (Å²) in [6, 6.07) is 0. The van der Waals surface area contributed by atoms with E-state index < -0.39 is 11.9 Å². The molecule has 0 aromatic heterocycles. The summed E-state index contributed by atoms with van der Waals surface area (Å²) in [6.07, 6.45) is 7.66. The Bertz CT molecular complexity index is 450. The van der Waals surface area contributed by atoms with Crippen LogP contribution >= 0.6 is 0 Å². The Kier molecular flexibility index (Phi) is 6.42. The maximum Gasteiger partial charge on any atom is 0.340 e. The van der Waals surface area contributed by atoms with E-state index in [0.29, 0.717) is 6.42 Å². The second-order valence-electron chi connectivity index (χ2n) is 7.86. The molecule has 3 nitrogen and oxygen atoms in total. The second kappa shape index (κ2) is 7.45. The topological polar surface area (TPSA) is 35.5 Å². The summed E-state index contributed by atoms with van der Waals surface area (Å²) in [5, 5.41) is 0. The fourth-order valence-corrected chi connectivity index (χ4v) is 2.33. The van der Waals surface area contributed by atoms with Crippen molar-refractivity contribution in [2.24, 2.45) is 5.41 Å². The molecule has 0 N–H and O–H groups in total. The van der Waals surface area contributed by atoms with E-state index in [9.17, 15) is 4.79 Å². The highest BCUT2D eigenvalue weighted by molar-refractivity contribution is 5.80. The highest BCUT2D eigenvalue weighted by Crippen LogP contribution is 2.37. The van der Waals surface area contributed by atoms with E-state index in [2.05, 4.69) is 32.9 Å². The monoisotopic (exact) mass is 308 g/mol. The lowest BCUT2D eigenvalue weighted by Crippen LogP contribution is -2.34. The maximum atomic E-state index is 12.1. The lowest BCUT2D eigenvalue weighted by atomic mass is 9.95. The summed E-state index contributed by atoms with van der Waals surface area (Å²) in [5.74, 6) is -0.233. The summed E-state index contributed by atoms with van der Waals surface area (Å²) in [6.45, 7) is 14.3. The Balaban J connectivity index is 2.50. The minimum atomic E-state index is -0.811. The molecule has 0 radical (unpaired) electrons. The fraction of sp³-hybridized carbons (Fsp3) is 0.737. The molecule has 0 aliphatic carbocycles. The van der Waals surface area contributed by atoms with Gasteiger partial charge >= 0.3 is 5.97 Å². The molecule has 0 amide bonds. The zero-order valence-corrected chi connectivity index (χ0v) is 15.3. The first-order valence-electron chi connectivity index (χ1n) is 8.22. The SMILES string of the molecule is CC(C)=CCC/C(C)=C/CC[C@]1(C)O[C@@H](C(C)(C)C)OC1=O. The fourth-order valence-electron chi connectivity index (χ4n) is 2.33. The van der Waals surface area contributed by atoms with Crippen LogP contribution in [-0.4, -0.2) is 17.9 Å². The third-order valence-electron chi connectivity index (χ3n) is 3.93. The van der Waals surface area contributed by atoms with Crippen molar-refractivity contribution in [3.63, 3.8) is 0 Å². The van der Waals surface area contributed by atoms with Crippen LogP contribution < -0.4 is 0 Å². The molecule has 2 atom stereocenters. The number of allylic oxidation sites excluding steroid dienone is 4. The van der Waals surface area contributed by atoms with E-state index in [1.165, 1.54) is 11.1 Å². The summed E-state index contributed by atoms with van der Waals surface area (Å²) < 4.78 is 11.3. The molecule has 0 spiro atoms. The molecular weight excluding hydrogens is 276 g/mol. The van der Waals surface area contributed by atoms with Gasteiger partial charge in [-0.25, -0.2) is 4.79 Å². The largest absolute Gasteiger partial charge is 0.433 e. The van der Waals surface area contributed by atoms with Crippen molar-refractivity contribution >= 4 is 5.97 Å². The van der Waals surface area contributed by atoms with Gasteiger partial charge in [-0.2, -0.15) is 0 Å². The van der Waals surface area contributed by atoms with E-state index >= 15 is 0 Å².